The van der Waals surface area contributed by atoms with Crippen LogP contribution in [0.25, 0.3) is 0 Å². The van der Waals surface area contributed by atoms with Gasteiger partial charge in [0, 0.05) is 26.0 Å². The Kier molecular flexibility index (Phi) is 3.71. The first-order valence-electron chi connectivity index (χ1n) is 5.47. The molecule has 0 aliphatic heterocycles. The largest absolute Gasteiger partial charge is 0.369 e. The Labute approximate surface area is 104 Å². The number of rotatable bonds is 5. The molecule has 18 heavy (non-hydrogen) atoms. The average molecular weight is 243 g/mol. The molecule has 2 aromatic heterocycles. The molecule has 0 saturated carbocycles. The Morgan fingerprint density at radius 1 is 1.50 bits per heavy atom. The zero-order valence-electron chi connectivity index (χ0n) is 9.96. The predicted molar refractivity (Wildman–Crippen MR) is 67.2 cm³/mol. The molecule has 0 atom stereocenters. The lowest BCUT2D eigenvalue weighted by atomic mass is 10.4. The fourth-order valence-corrected chi connectivity index (χ4v) is 1.38. The highest BCUT2D eigenvalue weighted by Gasteiger charge is 2.01. The van der Waals surface area contributed by atoms with Crippen LogP contribution in [0.4, 0.5) is 17.5 Å². The van der Waals surface area contributed by atoms with Crippen LogP contribution in [0, 0.1) is 11.3 Å². The minimum absolute atomic E-state index is 0.440. The molecule has 0 saturated heterocycles. The Morgan fingerprint density at radius 3 is 3.11 bits per heavy atom. The molecule has 92 valence electrons. The minimum Gasteiger partial charge on any atom is -0.369 e. The summed E-state index contributed by atoms with van der Waals surface area (Å²) in [5, 5.41) is 18.6. The van der Waals surface area contributed by atoms with E-state index in [1.54, 1.807) is 23.1 Å². The van der Waals surface area contributed by atoms with Crippen molar-refractivity contribution in [2.45, 2.75) is 6.42 Å². The second-order valence-electron chi connectivity index (χ2n) is 3.63. The van der Waals surface area contributed by atoms with Crippen LogP contribution >= 0.6 is 0 Å². The van der Waals surface area contributed by atoms with Crippen molar-refractivity contribution < 1.29 is 0 Å². The summed E-state index contributed by atoms with van der Waals surface area (Å²) >= 11 is 0. The van der Waals surface area contributed by atoms with E-state index in [0.717, 1.165) is 5.69 Å². The first kappa shape index (κ1) is 11.9. The summed E-state index contributed by atoms with van der Waals surface area (Å²) < 4.78 is 1.69. The molecule has 2 heterocycles. The number of aromatic nitrogens is 4. The summed E-state index contributed by atoms with van der Waals surface area (Å²) in [5.41, 5.74) is 0.826. The van der Waals surface area contributed by atoms with E-state index in [9.17, 15) is 0 Å². The van der Waals surface area contributed by atoms with Gasteiger partial charge in [-0.25, -0.2) is 4.98 Å². The maximum Gasteiger partial charge on any atom is 0.229 e. The van der Waals surface area contributed by atoms with Gasteiger partial charge < -0.3 is 10.6 Å². The molecule has 7 heteroatoms. The summed E-state index contributed by atoms with van der Waals surface area (Å²) in [6.45, 7) is 0.569. The van der Waals surface area contributed by atoms with Gasteiger partial charge in [-0.05, 0) is 6.07 Å². The molecule has 0 fully saturated rings. The number of aryl methyl sites for hydroxylation is 1. The molecule has 7 nitrogen and oxygen atoms in total. The smallest absolute Gasteiger partial charge is 0.229 e. The van der Waals surface area contributed by atoms with E-state index in [2.05, 4.69) is 31.8 Å². The van der Waals surface area contributed by atoms with Crippen molar-refractivity contribution >= 4 is 17.5 Å². The number of nitriles is 1. The van der Waals surface area contributed by atoms with Crippen LogP contribution in [-0.2, 0) is 7.05 Å². The Balaban J connectivity index is 2.01. The summed E-state index contributed by atoms with van der Waals surface area (Å²) in [4.78, 5) is 8.38. The third-order valence-corrected chi connectivity index (χ3v) is 2.16. The zero-order chi connectivity index (χ0) is 12.8. The van der Waals surface area contributed by atoms with Gasteiger partial charge in [0.05, 0.1) is 24.4 Å². The number of hydrogen-bond acceptors (Lipinski definition) is 6. The molecule has 0 aliphatic carbocycles. The number of anilines is 3. The molecule has 2 rings (SSSR count). The van der Waals surface area contributed by atoms with Crippen LogP contribution in [0.2, 0.25) is 0 Å². The van der Waals surface area contributed by atoms with Crippen molar-refractivity contribution in [2.24, 2.45) is 7.05 Å². The molecule has 0 unspecified atom stereocenters. The Hall–Kier alpha value is -2.62. The van der Waals surface area contributed by atoms with Crippen LogP contribution in [0.1, 0.15) is 6.42 Å². The van der Waals surface area contributed by atoms with Crippen LogP contribution < -0.4 is 10.6 Å². The van der Waals surface area contributed by atoms with E-state index in [1.165, 1.54) is 0 Å². The molecule has 2 aromatic rings. The molecule has 0 bridgehead atoms. The number of nitrogens with one attached hydrogen (secondary N) is 2. The lowest BCUT2D eigenvalue weighted by molar-refractivity contribution is 0.768. The fourth-order valence-electron chi connectivity index (χ4n) is 1.38. The van der Waals surface area contributed by atoms with E-state index in [0.29, 0.717) is 24.7 Å². The Bertz CT molecular complexity index is 555. The second-order valence-corrected chi connectivity index (χ2v) is 3.63. The van der Waals surface area contributed by atoms with Gasteiger partial charge in [-0.15, -0.1) is 0 Å². The van der Waals surface area contributed by atoms with Gasteiger partial charge in [0.15, 0.2) is 0 Å². The first-order chi connectivity index (χ1) is 8.78. The van der Waals surface area contributed by atoms with Gasteiger partial charge >= 0.3 is 0 Å². The quantitative estimate of drug-likeness (QED) is 0.768. The molecule has 0 amide bonds. The highest BCUT2D eigenvalue weighted by molar-refractivity contribution is 5.52. The van der Waals surface area contributed by atoms with Crippen LogP contribution in [0.15, 0.2) is 24.7 Å². The van der Waals surface area contributed by atoms with Crippen molar-refractivity contribution in [1.29, 1.82) is 5.26 Å². The summed E-state index contributed by atoms with van der Waals surface area (Å²) in [7, 11) is 1.84. The predicted octanol–water partition coefficient (Wildman–Crippen LogP) is 1.28. The van der Waals surface area contributed by atoms with Crippen LogP contribution in [0.3, 0.4) is 0 Å². The molecule has 0 radical (unpaired) electrons. The molecular formula is C11H13N7. The zero-order valence-corrected chi connectivity index (χ0v) is 9.96. The van der Waals surface area contributed by atoms with E-state index in [4.69, 9.17) is 5.26 Å². The van der Waals surface area contributed by atoms with E-state index in [1.807, 2.05) is 13.2 Å². The first-order valence-corrected chi connectivity index (χ1v) is 5.47. The van der Waals surface area contributed by atoms with Crippen molar-refractivity contribution in [3.63, 3.8) is 0 Å². The minimum atomic E-state index is 0.440. The van der Waals surface area contributed by atoms with Crippen LogP contribution in [0.5, 0.6) is 0 Å². The van der Waals surface area contributed by atoms with Gasteiger partial charge in [-0.1, -0.05) is 0 Å². The third kappa shape index (κ3) is 3.18. The lowest BCUT2D eigenvalue weighted by Crippen LogP contribution is -2.04. The van der Waals surface area contributed by atoms with Gasteiger partial charge in [0.25, 0.3) is 0 Å². The topological polar surface area (TPSA) is 91.5 Å². The van der Waals surface area contributed by atoms with Crippen molar-refractivity contribution in [3.05, 3.63) is 24.7 Å². The molecule has 2 N–H and O–H groups in total. The van der Waals surface area contributed by atoms with Crippen molar-refractivity contribution in [2.75, 3.05) is 17.2 Å². The van der Waals surface area contributed by atoms with Crippen LogP contribution in [-0.4, -0.2) is 26.3 Å². The highest BCUT2D eigenvalue weighted by Crippen LogP contribution is 2.12. The second kappa shape index (κ2) is 5.63. The number of nitrogens with zero attached hydrogens (tertiary/aromatic N) is 5. The maximum atomic E-state index is 8.45. The lowest BCUT2D eigenvalue weighted by Gasteiger charge is -2.05. The third-order valence-electron chi connectivity index (χ3n) is 2.16. The van der Waals surface area contributed by atoms with E-state index < -0.39 is 0 Å². The molecule has 0 aliphatic rings. The van der Waals surface area contributed by atoms with Gasteiger partial charge in [0.1, 0.15) is 5.82 Å². The Morgan fingerprint density at radius 2 is 2.39 bits per heavy atom. The standard InChI is InChI=1S/C11H13N7/c1-18-8-9(7-15-18)16-11-14-6-3-10(17-11)13-5-2-4-12/h3,6-8H,2,5H2,1H3,(H2,13,14,16,17). The fraction of sp³-hybridized carbons (Fsp3) is 0.273. The monoisotopic (exact) mass is 243 g/mol. The van der Waals surface area contributed by atoms with E-state index in [-0.39, 0.29) is 0 Å². The molecule has 0 aromatic carbocycles. The van der Waals surface area contributed by atoms with Gasteiger partial charge in [-0.2, -0.15) is 15.3 Å². The molecular weight excluding hydrogens is 230 g/mol. The summed E-state index contributed by atoms with van der Waals surface area (Å²) in [6, 6.07) is 3.82. The summed E-state index contributed by atoms with van der Waals surface area (Å²) in [6.07, 6.45) is 5.62. The van der Waals surface area contributed by atoms with Crippen molar-refractivity contribution in [3.8, 4) is 6.07 Å². The molecule has 0 spiro atoms. The summed E-state index contributed by atoms with van der Waals surface area (Å²) in [5.74, 6) is 1.18. The maximum absolute atomic E-state index is 8.45. The van der Waals surface area contributed by atoms with Gasteiger partial charge in [-0.3, -0.25) is 4.68 Å². The average Bonchev–Trinajstić information content (AvgIpc) is 2.76. The normalized spacial score (nSPS) is 9.78. The SMILES string of the molecule is Cn1cc(Nc2nccc(NCCC#N)n2)cn1. The highest BCUT2D eigenvalue weighted by atomic mass is 15.3. The van der Waals surface area contributed by atoms with E-state index >= 15 is 0 Å². The van der Waals surface area contributed by atoms with Gasteiger partial charge in [0.2, 0.25) is 5.95 Å². The number of hydrogen-bond donors (Lipinski definition) is 2. The van der Waals surface area contributed by atoms with Crippen molar-refractivity contribution in [1.82, 2.24) is 19.7 Å².